The predicted octanol–water partition coefficient (Wildman–Crippen LogP) is 1.86. The topological polar surface area (TPSA) is 38.3 Å². The lowest BCUT2D eigenvalue weighted by Crippen LogP contribution is -2.42. The summed E-state index contributed by atoms with van der Waals surface area (Å²) in [5.41, 5.74) is 2.91. The average Bonchev–Trinajstić information content (AvgIpc) is 2.26. The lowest BCUT2D eigenvalue weighted by atomic mass is 9.84. The van der Waals surface area contributed by atoms with Gasteiger partial charge in [0.2, 0.25) is 0 Å². The molecule has 1 aromatic rings. The standard InChI is InChI=1S/C15H20BNO2/c1-15(2,3)19-14(18)17-13-7-5-10-8-12(16)6-4-11(10)9-13/h4,6,8,13H,5,7,9H2,1-3H3,(H,17,18). The van der Waals surface area contributed by atoms with Gasteiger partial charge in [-0.2, -0.15) is 0 Å². The number of nitrogens with one attached hydrogen (secondary N) is 1. The molecule has 2 rings (SSSR count). The summed E-state index contributed by atoms with van der Waals surface area (Å²) in [6.07, 6.45) is 2.38. The molecule has 100 valence electrons. The smallest absolute Gasteiger partial charge is 0.407 e. The fraction of sp³-hybridized carbons (Fsp3) is 0.533. The Balaban J connectivity index is 1.95. The third kappa shape index (κ3) is 4.02. The van der Waals surface area contributed by atoms with Gasteiger partial charge in [0.05, 0.1) is 0 Å². The van der Waals surface area contributed by atoms with Crippen molar-refractivity contribution in [3.8, 4) is 0 Å². The number of carbonyl (C=O) groups is 1. The molecule has 1 N–H and O–H groups in total. The van der Waals surface area contributed by atoms with E-state index in [9.17, 15) is 4.79 Å². The molecular formula is C15H20BNO2. The van der Waals surface area contributed by atoms with Gasteiger partial charge in [-0.3, -0.25) is 0 Å². The molecule has 3 nitrogen and oxygen atoms in total. The second-order valence-corrected chi connectivity index (χ2v) is 6.11. The van der Waals surface area contributed by atoms with Gasteiger partial charge in [-0.15, -0.1) is 0 Å². The minimum atomic E-state index is -0.453. The quantitative estimate of drug-likeness (QED) is 0.780. The third-order valence-electron chi connectivity index (χ3n) is 3.18. The van der Waals surface area contributed by atoms with Gasteiger partial charge < -0.3 is 10.1 Å². The van der Waals surface area contributed by atoms with Crippen LogP contribution in [0.3, 0.4) is 0 Å². The normalized spacial score (nSPS) is 18.6. The van der Waals surface area contributed by atoms with Crippen molar-refractivity contribution in [1.82, 2.24) is 5.32 Å². The van der Waals surface area contributed by atoms with Crippen LogP contribution in [0.2, 0.25) is 0 Å². The SMILES string of the molecule is [B]c1ccc2c(c1)CCC(NC(=O)OC(C)(C)C)C2. The second kappa shape index (κ2) is 5.28. The average molecular weight is 257 g/mol. The zero-order valence-electron chi connectivity index (χ0n) is 11.8. The fourth-order valence-electron chi connectivity index (χ4n) is 2.37. The lowest BCUT2D eigenvalue weighted by molar-refractivity contribution is 0.0500. The van der Waals surface area contributed by atoms with Crippen LogP contribution in [-0.4, -0.2) is 25.6 Å². The van der Waals surface area contributed by atoms with E-state index < -0.39 is 5.60 Å². The van der Waals surface area contributed by atoms with Crippen molar-refractivity contribution in [3.05, 3.63) is 29.3 Å². The molecule has 0 aliphatic heterocycles. The molecule has 0 heterocycles. The van der Waals surface area contributed by atoms with E-state index in [1.165, 1.54) is 11.1 Å². The van der Waals surface area contributed by atoms with Crippen molar-refractivity contribution in [3.63, 3.8) is 0 Å². The Bertz CT molecular complexity index is 480. The fourth-order valence-corrected chi connectivity index (χ4v) is 2.37. The Hall–Kier alpha value is -1.45. The van der Waals surface area contributed by atoms with E-state index in [1.807, 2.05) is 39.0 Å². The first kappa shape index (κ1) is 14.0. The lowest BCUT2D eigenvalue weighted by Gasteiger charge is -2.27. The van der Waals surface area contributed by atoms with Gasteiger partial charge in [-0.1, -0.05) is 23.7 Å². The number of aryl methyl sites for hydroxylation is 1. The van der Waals surface area contributed by atoms with Gasteiger partial charge in [-0.05, 0) is 51.2 Å². The molecule has 2 radical (unpaired) electrons. The maximum atomic E-state index is 11.7. The van der Waals surface area contributed by atoms with Crippen LogP contribution in [0.15, 0.2) is 18.2 Å². The molecule has 1 aromatic carbocycles. The molecule has 1 aliphatic carbocycles. The Morgan fingerprint density at radius 3 is 2.79 bits per heavy atom. The van der Waals surface area contributed by atoms with Crippen molar-refractivity contribution >= 4 is 19.4 Å². The molecule has 0 bridgehead atoms. The van der Waals surface area contributed by atoms with Crippen LogP contribution in [-0.2, 0) is 17.6 Å². The number of benzene rings is 1. The van der Waals surface area contributed by atoms with Gasteiger partial charge in [0, 0.05) is 6.04 Å². The Kier molecular flexibility index (Phi) is 3.88. The monoisotopic (exact) mass is 257 g/mol. The summed E-state index contributed by atoms with van der Waals surface area (Å²) < 4.78 is 5.28. The van der Waals surface area contributed by atoms with Gasteiger partial charge in [0.25, 0.3) is 0 Å². The van der Waals surface area contributed by atoms with E-state index in [-0.39, 0.29) is 12.1 Å². The summed E-state index contributed by atoms with van der Waals surface area (Å²) in [4.78, 5) is 11.7. The van der Waals surface area contributed by atoms with Crippen LogP contribution in [0.4, 0.5) is 4.79 Å². The van der Waals surface area contributed by atoms with E-state index >= 15 is 0 Å². The Morgan fingerprint density at radius 2 is 2.11 bits per heavy atom. The van der Waals surface area contributed by atoms with Gasteiger partial charge in [0.1, 0.15) is 13.4 Å². The highest BCUT2D eigenvalue weighted by atomic mass is 16.6. The number of carbonyl (C=O) groups excluding carboxylic acids is 1. The van der Waals surface area contributed by atoms with E-state index in [0.717, 1.165) is 24.7 Å². The maximum Gasteiger partial charge on any atom is 0.407 e. The summed E-state index contributed by atoms with van der Waals surface area (Å²) in [7, 11) is 5.78. The first-order valence-corrected chi connectivity index (χ1v) is 6.70. The summed E-state index contributed by atoms with van der Waals surface area (Å²) in [5.74, 6) is 0. The summed E-state index contributed by atoms with van der Waals surface area (Å²) in [5, 5.41) is 2.94. The number of rotatable bonds is 1. The van der Waals surface area contributed by atoms with Crippen molar-refractivity contribution in [2.75, 3.05) is 0 Å². The Labute approximate surface area is 116 Å². The Morgan fingerprint density at radius 1 is 1.37 bits per heavy atom. The predicted molar refractivity (Wildman–Crippen MR) is 77.0 cm³/mol. The molecular weight excluding hydrogens is 237 g/mol. The molecule has 0 aromatic heterocycles. The molecule has 1 aliphatic rings. The molecule has 19 heavy (non-hydrogen) atoms. The maximum absolute atomic E-state index is 11.7. The summed E-state index contributed by atoms with van der Waals surface area (Å²) in [6.45, 7) is 5.60. The van der Waals surface area contributed by atoms with Crippen LogP contribution >= 0.6 is 0 Å². The van der Waals surface area contributed by atoms with Crippen molar-refractivity contribution in [1.29, 1.82) is 0 Å². The first-order valence-electron chi connectivity index (χ1n) is 6.70. The molecule has 0 spiro atoms. The van der Waals surface area contributed by atoms with E-state index in [1.54, 1.807) is 0 Å². The minimum absolute atomic E-state index is 0.144. The third-order valence-corrected chi connectivity index (χ3v) is 3.18. The number of fused-ring (bicyclic) bond motifs is 1. The number of hydrogen-bond acceptors (Lipinski definition) is 2. The molecule has 4 heteroatoms. The highest BCUT2D eigenvalue weighted by molar-refractivity contribution is 6.32. The van der Waals surface area contributed by atoms with Crippen LogP contribution in [0, 0.1) is 0 Å². The van der Waals surface area contributed by atoms with Gasteiger partial charge in [0.15, 0.2) is 0 Å². The van der Waals surface area contributed by atoms with E-state index in [4.69, 9.17) is 12.6 Å². The van der Waals surface area contributed by atoms with Crippen LogP contribution in [0.25, 0.3) is 0 Å². The van der Waals surface area contributed by atoms with Crippen molar-refractivity contribution < 1.29 is 9.53 Å². The second-order valence-electron chi connectivity index (χ2n) is 6.11. The van der Waals surface area contributed by atoms with Gasteiger partial charge >= 0.3 is 6.09 Å². The highest BCUT2D eigenvalue weighted by Crippen LogP contribution is 2.20. The van der Waals surface area contributed by atoms with E-state index in [0.29, 0.717) is 0 Å². The molecule has 1 unspecified atom stereocenters. The molecule has 0 fully saturated rings. The highest BCUT2D eigenvalue weighted by Gasteiger charge is 2.23. The molecule has 1 amide bonds. The van der Waals surface area contributed by atoms with Crippen LogP contribution < -0.4 is 10.8 Å². The van der Waals surface area contributed by atoms with Crippen LogP contribution in [0.1, 0.15) is 38.3 Å². The largest absolute Gasteiger partial charge is 0.444 e. The summed E-state index contributed by atoms with van der Waals surface area (Å²) in [6, 6.07) is 6.13. The zero-order valence-corrected chi connectivity index (χ0v) is 11.8. The molecule has 1 atom stereocenters. The summed E-state index contributed by atoms with van der Waals surface area (Å²) >= 11 is 0. The number of alkyl carbamates (subject to hydrolysis) is 1. The van der Waals surface area contributed by atoms with Crippen molar-refractivity contribution in [2.45, 2.75) is 51.7 Å². The van der Waals surface area contributed by atoms with E-state index in [2.05, 4.69) is 5.32 Å². The zero-order chi connectivity index (χ0) is 14.0. The first-order chi connectivity index (χ1) is 8.83. The minimum Gasteiger partial charge on any atom is -0.444 e. The van der Waals surface area contributed by atoms with Gasteiger partial charge in [-0.25, -0.2) is 4.79 Å². The molecule has 0 saturated carbocycles. The van der Waals surface area contributed by atoms with Crippen molar-refractivity contribution in [2.24, 2.45) is 0 Å². The van der Waals surface area contributed by atoms with Crippen LogP contribution in [0.5, 0.6) is 0 Å². The number of hydrogen-bond donors (Lipinski definition) is 1. The number of amides is 1. The number of ether oxygens (including phenoxy) is 1. The molecule has 0 saturated heterocycles.